The molecule has 0 saturated heterocycles. The molecule has 0 aromatic heterocycles. The lowest BCUT2D eigenvalue weighted by Gasteiger charge is -2.40. The molecule has 0 fully saturated rings. The van der Waals surface area contributed by atoms with Crippen molar-refractivity contribution in [2.24, 2.45) is 11.8 Å². The molecule has 0 bridgehead atoms. The molecule has 0 nitrogen and oxygen atoms in total. The van der Waals surface area contributed by atoms with Gasteiger partial charge in [0.2, 0.25) is 0 Å². The molecule has 0 heterocycles. The first-order chi connectivity index (χ1) is 13.7. The summed E-state index contributed by atoms with van der Waals surface area (Å²) >= 11 is 5.47. The van der Waals surface area contributed by atoms with Gasteiger partial charge in [-0.3, -0.25) is 0 Å². The van der Waals surface area contributed by atoms with Crippen LogP contribution >= 0.6 is 28.6 Å². The molecule has 0 radical (unpaired) electrons. The van der Waals surface area contributed by atoms with Crippen LogP contribution in [0.2, 0.25) is 0 Å². The molecule has 194 valence electrons. The summed E-state index contributed by atoms with van der Waals surface area (Å²) in [6, 6.07) is 0. The average molecular weight is 601 g/mol. The third-order valence-corrected chi connectivity index (χ3v) is 5.39. The highest BCUT2D eigenvalue weighted by Crippen LogP contribution is 2.61. The highest BCUT2D eigenvalue weighted by Gasteiger charge is 2.90. The fourth-order valence-electron chi connectivity index (χ4n) is 2.19. The lowest BCUT2D eigenvalue weighted by molar-refractivity contribution is -0.441. The van der Waals surface area contributed by atoms with E-state index < -0.39 is 77.5 Å². The van der Waals surface area contributed by atoms with Crippen molar-refractivity contribution < 1.29 is 74.6 Å². The van der Waals surface area contributed by atoms with E-state index in [2.05, 4.69) is 28.6 Å². The van der Waals surface area contributed by atoms with Crippen molar-refractivity contribution in [3.63, 3.8) is 0 Å². The quantitative estimate of drug-likeness (QED) is 0.147. The van der Waals surface area contributed by atoms with Gasteiger partial charge in [-0.25, -0.2) is 4.39 Å². The van der Waals surface area contributed by atoms with Crippen molar-refractivity contribution in [2.45, 2.75) is 60.3 Å². The van der Waals surface area contributed by atoms with E-state index in [0.29, 0.717) is 0 Å². The first-order valence-corrected chi connectivity index (χ1v) is 9.26. The minimum Gasteiger partial charge on any atom is -0.236 e. The fourth-order valence-corrected chi connectivity index (χ4v) is 3.30. The third-order valence-electron chi connectivity index (χ3n) is 4.14. The van der Waals surface area contributed by atoms with Crippen molar-refractivity contribution in [2.75, 3.05) is 5.33 Å². The van der Waals surface area contributed by atoms with Crippen LogP contribution in [0.3, 0.4) is 0 Å². The number of halogens is 18. The highest BCUT2D eigenvalue weighted by atomic mass is 79.9. The number of rotatable bonds is 10. The second kappa shape index (κ2) is 9.36. The van der Waals surface area contributed by atoms with E-state index in [9.17, 15) is 74.6 Å². The van der Waals surface area contributed by atoms with Crippen LogP contribution in [-0.2, 0) is 0 Å². The van der Waals surface area contributed by atoms with Crippen LogP contribution in [0.25, 0.3) is 0 Å². The van der Waals surface area contributed by atoms with Gasteiger partial charge in [-0.2, -0.15) is 70.2 Å². The van der Waals surface area contributed by atoms with E-state index >= 15 is 0 Å². The van der Waals surface area contributed by atoms with E-state index in [4.69, 9.17) is 0 Å². The van der Waals surface area contributed by atoms with Gasteiger partial charge in [0, 0.05) is 17.7 Å². The molecule has 0 aliphatic carbocycles. The van der Waals surface area contributed by atoms with Crippen LogP contribution in [0.4, 0.5) is 74.6 Å². The second-order valence-corrected chi connectivity index (χ2v) is 7.61. The zero-order valence-corrected chi connectivity index (χ0v) is 17.1. The Morgan fingerprint density at radius 2 is 1.00 bits per heavy atom. The van der Waals surface area contributed by atoms with Gasteiger partial charge >= 0.3 is 42.0 Å². The molecule has 3 unspecified atom stereocenters. The molecule has 0 aromatic carbocycles. The van der Waals surface area contributed by atoms with Crippen LogP contribution in [-0.4, -0.2) is 52.8 Å². The summed E-state index contributed by atoms with van der Waals surface area (Å²) in [5.74, 6) is -44.9. The van der Waals surface area contributed by atoms with Gasteiger partial charge in [0.25, 0.3) is 0 Å². The normalized spacial score (nSPS) is 18.5. The van der Waals surface area contributed by atoms with Gasteiger partial charge in [-0.05, 0) is 6.42 Å². The maximum atomic E-state index is 13.7. The summed E-state index contributed by atoms with van der Waals surface area (Å²) in [5, 5.41) is -0.766. The summed E-state index contributed by atoms with van der Waals surface area (Å²) in [4.78, 5) is 0. The minimum atomic E-state index is -8.22. The lowest BCUT2D eigenvalue weighted by atomic mass is 9.85. The summed E-state index contributed by atoms with van der Waals surface area (Å²) in [6.45, 7) is 0. The van der Waals surface area contributed by atoms with Crippen molar-refractivity contribution in [3.05, 3.63) is 0 Å². The SMILES string of the molecule is FC(S)C(CBr)CC(CC(F)(F)C(F)(F)C(F)(F)C(F)(F)C(F)(F)C(F)(F)F)C(F)(F)F. The molecule has 3 atom stereocenters. The van der Waals surface area contributed by atoms with Crippen LogP contribution in [0, 0.1) is 11.8 Å². The van der Waals surface area contributed by atoms with Crippen molar-refractivity contribution in [1.82, 2.24) is 0 Å². The first kappa shape index (κ1) is 31.6. The van der Waals surface area contributed by atoms with Gasteiger partial charge in [-0.1, -0.05) is 15.9 Å². The lowest BCUT2D eigenvalue weighted by Crippen LogP contribution is -2.70. The smallest absolute Gasteiger partial charge is 0.236 e. The molecule has 0 spiro atoms. The van der Waals surface area contributed by atoms with Crippen LogP contribution in [0.15, 0.2) is 0 Å². The van der Waals surface area contributed by atoms with Gasteiger partial charge in [0.15, 0.2) is 0 Å². The molecule has 0 aliphatic rings. The van der Waals surface area contributed by atoms with Crippen molar-refractivity contribution in [3.8, 4) is 0 Å². The number of hydrogen-bond acceptors (Lipinski definition) is 1. The zero-order chi connectivity index (χ0) is 26.4. The average Bonchev–Trinajstić information content (AvgIpc) is 2.55. The predicted molar refractivity (Wildman–Crippen MR) is 80.7 cm³/mol. The maximum absolute atomic E-state index is 13.7. The largest absolute Gasteiger partial charge is 0.460 e. The van der Waals surface area contributed by atoms with Gasteiger partial charge in [0.05, 0.1) is 5.92 Å². The summed E-state index contributed by atoms with van der Waals surface area (Å²) in [6.07, 6.45) is -18.9. The Morgan fingerprint density at radius 3 is 1.28 bits per heavy atom. The molecule has 19 heteroatoms. The topological polar surface area (TPSA) is 0 Å². The summed E-state index contributed by atoms with van der Waals surface area (Å²) < 4.78 is 221. The van der Waals surface area contributed by atoms with E-state index in [1.54, 1.807) is 0 Å². The molecule has 32 heavy (non-hydrogen) atoms. The molecule has 0 amide bonds. The van der Waals surface area contributed by atoms with Crippen LogP contribution in [0.5, 0.6) is 0 Å². The van der Waals surface area contributed by atoms with Gasteiger partial charge in [-0.15, -0.1) is 12.6 Å². The van der Waals surface area contributed by atoms with Crippen LogP contribution < -0.4 is 0 Å². The Kier molecular flexibility index (Phi) is 9.25. The summed E-state index contributed by atoms with van der Waals surface area (Å²) in [7, 11) is 0. The monoisotopic (exact) mass is 600 g/mol. The zero-order valence-electron chi connectivity index (χ0n) is 14.6. The van der Waals surface area contributed by atoms with E-state index in [1.165, 1.54) is 0 Å². The fraction of sp³-hybridized carbons (Fsp3) is 1.00. The Morgan fingerprint density at radius 1 is 0.625 bits per heavy atom. The number of hydrogen-bond donors (Lipinski definition) is 1. The Bertz CT molecular complexity index is 623. The Balaban J connectivity index is 6.35. The molecule has 0 N–H and O–H groups in total. The minimum absolute atomic E-state index is 0.766. The molecular weight excluding hydrogens is 591 g/mol. The standard InChI is InChI=1S/C13H10BrF17S/c14-3-4(6(15)32)1-5(8(18,19)20)2-7(16,17)9(21,22)10(23,24)11(25,26)12(27,28)13(29,30)31/h4-6,32H,1-3H2. The van der Waals surface area contributed by atoms with Crippen molar-refractivity contribution >= 4 is 28.6 Å². The maximum Gasteiger partial charge on any atom is 0.460 e. The van der Waals surface area contributed by atoms with E-state index in [0.717, 1.165) is 0 Å². The third kappa shape index (κ3) is 5.64. The predicted octanol–water partition coefficient (Wildman–Crippen LogP) is 7.92. The Labute approximate surface area is 181 Å². The molecule has 0 aliphatic heterocycles. The molecule has 0 saturated carbocycles. The number of thiol groups is 1. The molecular formula is C13H10BrF17S. The molecule has 0 rings (SSSR count). The first-order valence-electron chi connectivity index (χ1n) is 7.63. The van der Waals surface area contributed by atoms with Crippen LogP contribution in [0.1, 0.15) is 12.8 Å². The number of alkyl halides is 18. The van der Waals surface area contributed by atoms with E-state index in [-0.39, 0.29) is 0 Å². The van der Waals surface area contributed by atoms with Gasteiger partial charge < -0.3 is 0 Å². The highest BCUT2D eigenvalue weighted by molar-refractivity contribution is 9.09. The van der Waals surface area contributed by atoms with Crippen molar-refractivity contribution in [1.29, 1.82) is 0 Å². The second-order valence-electron chi connectivity index (χ2n) is 6.47. The Hall–Kier alpha value is -0.360. The summed E-state index contributed by atoms with van der Waals surface area (Å²) in [5.41, 5.74) is -2.51. The van der Waals surface area contributed by atoms with Gasteiger partial charge in [0.1, 0.15) is 5.50 Å². The molecule has 0 aromatic rings. The van der Waals surface area contributed by atoms with E-state index in [1.807, 2.05) is 0 Å².